The lowest BCUT2D eigenvalue weighted by atomic mass is 10.1. The molecule has 12 heteroatoms. The number of aromatic amines is 1. The Kier molecular flexibility index (Phi) is 7.22. The average Bonchev–Trinajstić information content (AvgIpc) is 2.89. The highest BCUT2D eigenvalue weighted by Gasteiger charge is 2.43. The summed E-state index contributed by atoms with van der Waals surface area (Å²) in [6, 6.07) is 1.14. The third-order valence-corrected chi connectivity index (χ3v) is 4.74. The number of H-pyrrole nitrogens is 1. The van der Waals surface area contributed by atoms with Crippen LogP contribution in [0.25, 0.3) is 0 Å². The lowest BCUT2D eigenvalue weighted by molar-refractivity contribution is -0.0340. The molecule has 4 unspecified atom stereocenters. The number of hydrogen-bond donors (Lipinski definition) is 5. The van der Waals surface area contributed by atoms with Crippen LogP contribution in [0.15, 0.2) is 26.8 Å². The van der Waals surface area contributed by atoms with Gasteiger partial charge >= 0.3 is 5.69 Å². The van der Waals surface area contributed by atoms with Gasteiger partial charge in [0.2, 0.25) is 5.96 Å². The van der Waals surface area contributed by atoms with Crippen LogP contribution >= 0.6 is 11.8 Å². The van der Waals surface area contributed by atoms with Crippen LogP contribution in [0, 0.1) is 11.5 Å². The predicted octanol–water partition coefficient (Wildman–Crippen LogP) is -2.46. The van der Waals surface area contributed by atoms with E-state index in [1.54, 1.807) is 13.2 Å². The van der Waals surface area contributed by atoms with E-state index in [2.05, 4.69) is 20.6 Å². The van der Waals surface area contributed by atoms with Gasteiger partial charge in [0.15, 0.2) is 12.4 Å². The maximum Gasteiger partial charge on any atom is 0.330 e. The summed E-state index contributed by atoms with van der Waals surface area (Å²) in [6.45, 7) is 0.528. The highest BCUT2D eigenvalue weighted by Crippen LogP contribution is 2.29. The molecule has 1 aromatic rings. The molecule has 2 heterocycles. The zero-order valence-electron chi connectivity index (χ0n) is 14.0. The number of aromatic nitrogens is 2. The van der Waals surface area contributed by atoms with Gasteiger partial charge < -0.3 is 20.3 Å². The second-order valence-electron chi connectivity index (χ2n) is 5.37. The molecule has 0 radical (unpaired) electrons. The van der Waals surface area contributed by atoms with Gasteiger partial charge in [-0.3, -0.25) is 24.7 Å². The Morgan fingerprint density at radius 1 is 1.50 bits per heavy atom. The van der Waals surface area contributed by atoms with Crippen molar-refractivity contribution >= 4 is 17.7 Å². The first-order valence-electron chi connectivity index (χ1n) is 7.74. The van der Waals surface area contributed by atoms with Crippen molar-refractivity contribution in [1.29, 1.82) is 5.26 Å². The second-order valence-corrected chi connectivity index (χ2v) is 6.52. The molecule has 1 aliphatic heterocycles. The SMILES string of the molecule is CN=C(NC#N)NCCSCC1OC(n2ccc(=O)[nH]c2=O)C(O)C1O. The summed E-state index contributed by atoms with van der Waals surface area (Å²) in [5, 5.41) is 34.1. The molecule has 0 aliphatic carbocycles. The highest BCUT2D eigenvalue weighted by atomic mass is 32.2. The van der Waals surface area contributed by atoms with E-state index in [9.17, 15) is 19.8 Å². The summed E-state index contributed by atoms with van der Waals surface area (Å²) >= 11 is 1.46. The summed E-state index contributed by atoms with van der Waals surface area (Å²) in [4.78, 5) is 28.8. The number of aliphatic hydroxyl groups excluding tert-OH is 2. The zero-order chi connectivity index (χ0) is 19.1. The topological polar surface area (TPSA) is 165 Å². The molecule has 1 fully saturated rings. The Bertz CT molecular complexity index is 787. The Balaban J connectivity index is 1.85. The third-order valence-electron chi connectivity index (χ3n) is 3.68. The normalized spacial score (nSPS) is 25.7. The predicted molar refractivity (Wildman–Crippen MR) is 94.7 cm³/mol. The minimum absolute atomic E-state index is 0.359. The van der Waals surface area contributed by atoms with Gasteiger partial charge in [-0.15, -0.1) is 0 Å². The van der Waals surface area contributed by atoms with Gasteiger partial charge in [0.25, 0.3) is 5.56 Å². The fraction of sp³-hybridized carbons (Fsp3) is 0.571. The van der Waals surface area contributed by atoms with Crippen LogP contribution in [0.1, 0.15) is 6.23 Å². The molecule has 11 nitrogen and oxygen atoms in total. The molecule has 0 bridgehead atoms. The largest absolute Gasteiger partial charge is 0.387 e. The summed E-state index contributed by atoms with van der Waals surface area (Å²) in [6.07, 6.45) is -1.21. The summed E-state index contributed by atoms with van der Waals surface area (Å²) in [5.74, 6) is 1.38. The molecule has 142 valence electrons. The van der Waals surface area contributed by atoms with Crippen molar-refractivity contribution in [3.8, 4) is 6.19 Å². The van der Waals surface area contributed by atoms with Crippen LogP contribution in [0.2, 0.25) is 0 Å². The van der Waals surface area contributed by atoms with Crippen molar-refractivity contribution < 1.29 is 14.9 Å². The Morgan fingerprint density at radius 3 is 2.92 bits per heavy atom. The molecule has 0 amide bonds. The van der Waals surface area contributed by atoms with Crippen molar-refractivity contribution in [3.05, 3.63) is 33.1 Å². The van der Waals surface area contributed by atoms with Gasteiger partial charge in [0.05, 0.1) is 6.10 Å². The fourth-order valence-electron chi connectivity index (χ4n) is 2.40. The fourth-order valence-corrected chi connectivity index (χ4v) is 3.32. The number of nitrogens with one attached hydrogen (secondary N) is 3. The number of aliphatic hydroxyl groups is 2. The first kappa shape index (κ1) is 20.0. The van der Waals surface area contributed by atoms with E-state index in [-0.39, 0.29) is 0 Å². The third kappa shape index (κ3) is 4.85. The highest BCUT2D eigenvalue weighted by molar-refractivity contribution is 7.99. The van der Waals surface area contributed by atoms with Crippen LogP contribution in [-0.2, 0) is 4.74 Å². The van der Waals surface area contributed by atoms with Crippen molar-refractivity contribution in [2.75, 3.05) is 25.1 Å². The number of rotatable bonds is 6. The lowest BCUT2D eigenvalue weighted by Gasteiger charge is -2.16. The number of aliphatic imine (C=N–C) groups is 1. The van der Waals surface area contributed by atoms with E-state index in [1.807, 2.05) is 0 Å². The van der Waals surface area contributed by atoms with E-state index in [0.29, 0.717) is 24.0 Å². The van der Waals surface area contributed by atoms with Gasteiger partial charge in [-0.2, -0.15) is 17.0 Å². The number of hydrogen-bond acceptors (Lipinski definition) is 8. The molecule has 0 saturated carbocycles. The zero-order valence-corrected chi connectivity index (χ0v) is 14.8. The Morgan fingerprint density at radius 2 is 2.27 bits per heavy atom. The molecule has 26 heavy (non-hydrogen) atoms. The van der Waals surface area contributed by atoms with E-state index >= 15 is 0 Å². The van der Waals surface area contributed by atoms with E-state index in [0.717, 1.165) is 10.6 Å². The first-order chi connectivity index (χ1) is 12.5. The molecule has 0 spiro atoms. The number of nitriles is 1. The smallest absolute Gasteiger partial charge is 0.330 e. The molecule has 1 saturated heterocycles. The monoisotopic (exact) mass is 384 g/mol. The Hall–Kier alpha value is -2.33. The minimum Gasteiger partial charge on any atom is -0.387 e. The number of ether oxygens (including phenoxy) is 1. The maximum absolute atomic E-state index is 11.8. The number of guanidine groups is 1. The van der Waals surface area contributed by atoms with Gasteiger partial charge in [-0.1, -0.05) is 0 Å². The summed E-state index contributed by atoms with van der Waals surface area (Å²) in [7, 11) is 1.54. The number of thioether (sulfide) groups is 1. The first-order valence-corrected chi connectivity index (χ1v) is 8.90. The van der Waals surface area contributed by atoms with Gasteiger partial charge in [-0.25, -0.2) is 4.79 Å². The molecular weight excluding hydrogens is 364 g/mol. The second kappa shape index (κ2) is 9.39. The van der Waals surface area contributed by atoms with Crippen molar-refractivity contribution in [2.24, 2.45) is 4.99 Å². The van der Waals surface area contributed by atoms with Crippen LogP contribution in [0.3, 0.4) is 0 Å². The average molecular weight is 384 g/mol. The van der Waals surface area contributed by atoms with E-state index < -0.39 is 35.8 Å². The van der Waals surface area contributed by atoms with Gasteiger partial charge in [-0.05, 0) is 0 Å². The molecule has 4 atom stereocenters. The molecular formula is C14H20N6O5S. The standard InChI is InChI=1S/C14H20N6O5S/c1-16-13(18-7-15)17-3-5-26-6-8-10(22)11(23)12(25-8)20-4-2-9(21)19-14(20)24/h2,4,8,10-12,22-23H,3,5-6H2,1H3,(H2,16,17,18)(H,19,21,24). The quantitative estimate of drug-likeness (QED) is 0.117. The van der Waals surface area contributed by atoms with Crippen molar-refractivity contribution in [2.45, 2.75) is 24.5 Å². The molecule has 2 rings (SSSR count). The van der Waals surface area contributed by atoms with Crippen LogP contribution in [0.5, 0.6) is 0 Å². The van der Waals surface area contributed by atoms with Crippen molar-refractivity contribution in [1.82, 2.24) is 20.2 Å². The van der Waals surface area contributed by atoms with Crippen molar-refractivity contribution in [3.63, 3.8) is 0 Å². The molecule has 1 aromatic heterocycles. The minimum atomic E-state index is -1.29. The summed E-state index contributed by atoms with van der Waals surface area (Å²) < 4.78 is 6.64. The van der Waals surface area contributed by atoms with E-state index in [4.69, 9.17) is 10.00 Å². The number of nitrogens with zero attached hydrogens (tertiary/aromatic N) is 3. The van der Waals surface area contributed by atoms with E-state index in [1.165, 1.54) is 18.0 Å². The molecule has 5 N–H and O–H groups in total. The molecule has 1 aliphatic rings. The van der Waals surface area contributed by atoms with Crippen LogP contribution < -0.4 is 21.9 Å². The van der Waals surface area contributed by atoms with Gasteiger partial charge in [0, 0.05) is 37.4 Å². The van der Waals surface area contributed by atoms with Crippen LogP contribution in [-0.4, -0.2) is 69.1 Å². The Labute approximate surface area is 152 Å². The summed E-state index contributed by atoms with van der Waals surface area (Å²) in [5.41, 5.74) is -1.28. The van der Waals surface area contributed by atoms with Crippen LogP contribution in [0.4, 0.5) is 0 Å². The molecule has 0 aromatic carbocycles. The van der Waals surface area contributed by atoms with Gasteiger partial charge in [0.1, 0.15) is 12.2 Å². The lowest BCUT2D eigenvalue weighted by Crippen LogP contribution is -2.37. The maximum atomic E-state index is 11.8.